The molecule has 0 amide bonds. The zero-order valence-electron chi connectivity index (χ0n) is 15.6. The summed E-state index contributed by atoms with van der Waals surface area (Å²) < 4.78 is 30.0. The van der Waals surface area contributed by atoms with Gasteiger partial charge in [0, 0.05) is 0 Å². The van der Waals surface area contributed by atoms with Crippen LogP contribution in [0, 0.1) is 0 Å². The molecule has 0 saturated carbocycles. The second-order valence-electron chi connectivity index (χ2n) is 6.38. The van der Waals surface area contributed by atoms with E-state index < -0.39 is 16.1 Å². The third kappa shape index (κ3) is 4.08. The first-order chi connectivity index (χ1) is 14.1. The maximum absolute atomic E-state index is 13.0. The lowest BCUT2D eigenvalue weighted by Gasteiger charge is -2.15. The number of hydrogen-bond donors (Lipinski definition) is 2. The Morgan fingerprint density at radius 1 is 1.14 bits per heavy atom. The lowest BCUT2D eigenvalue weighted by atomic mass is 10.2. The molecule has 4 rings (SSSR count). The van der Waals surface area contributed by atoms with Crippen molar-refractivity contribution in [2.75, 3.05) is 0 Å². The molecule has 9 nitrogen and oxygen atoms in total. The van der Waals surface area contributed by atoms with Crippen molar-refractivity contribution in [3.63, 3.8) is 0 Å². The number of tetrazole rings is 1. The number of hydrogen-bond acceptors (Lipinski definition) is 6. The number of benzene rings is 2. The summed E-state index contributed by atoms with van der Waals surface area (Å²) in [5.41, 5.74) is 2.37. The number of imidazole rings is 1. The average Bonchev–Trinajstić information content (AvgIpc) is 3.45. The lowest BCUT2D eigenvalue weighted by Crippen LogP contribution is -2.29. The van der Waals surface area contributed by atoms with Gasteiger partial charge in [0.2, 0.25) is 10.0 Å². The summed E-state index contributed by atoms with van der Waals surface area (Å²) in [6.07, 6.45) is 3.65. The number of rotatable bonds is 7. The van der Waals surface area contributed by atoms with E-state index in [4.69, 9.17) is 0 Å². The van der Waals surface area contributed by atoms with E-state index in [1.54, 1.807) is 18.3 Å². The zero-order chi connectivity index (χ0) is 20.3. The molecular weight excluding hydrogens is 390 g/mol. The highest BCUT2D eigenvalue weighted by Crippen LogP contribution is 2.23. The molecule has 0 aliphatic rings. The van der Waals surface area contributed by atoms with Crippen LogP contribution in [0.3, 0.4) is 0 Å². The van der Waals surface area contributed by atoms with Gasteiger partial charge in [0.25, 0.3) is 0 Å². The van der Waals surface area contributed by atoms with Crippen molar-refractivity contribution in [3.8, 4) is 16.9 Å². The predicted molar refractivity (Wildman–Crippen MR) is 107 cm³/mol. The van der Waals surface area contributed by atoms with Gasteiger partial charge in [-0.15, -0.1) is 5.10 Å². The Labute approximate surface area is 167 Å². The van der Waals surface area contributed by atoms with Crippen LogP contribution in [0.5, 0.6) is 0 Å². The van der Waals surface area contributed by atoms with E-state index in [2.05, 4.69) is 30.2 Å². The Morgan fingerprint density at radius 2 is 1.97 bits per heavy atom. The van der Waals surface area contributed by atoms with Gasteiger partial charge in [-0.05, 0) is 40.6 Å². The molecule has 4 aromatic rings. The Kier molecular flexibility index (Phi) is 5.19. The summed E-state index contributed by atoms with van der Waals surface area (Å²) in [6.45, 7) is 1.90. The molecule has 0 bridgehead atoms. The van der Waals surface area contributed by atoms with E-state index in [1.165, 1.54) is 23.1 Å². The van der Waals surface area contributed by atoms with Crippen LogP contribution in [0.4, 0.5) is 0 Å². The van der Waals surface area contributed by atoms with Crippen molar-refractivity contribution in [1.82, 2.24) is 34.9 Å². The fraction of sp³-hybridized carbons (Fsp3) is 0.158. The van der Waals surface area contributed by atoms with E-state index >= 15 is 0 Å². The molecule has 0 aliphatic carbocycles. The van der Waals surface area contributed by atoms with Gasteiger partial charge in [-0.2, -0.15) is 0 Å². The van der Waals surface area contributed by atoms with Gasteiger partial charge in [-0.1, -0.05) is 43.3 Å². The van der Waals surface area contributed by atoms with Crippen molar-refractivity contribution >= 4 is 10.0 Å². The number of nitrogens with zero attached hydrogens (tertiary/aromatic N) is 5. The lowest BCUT2D eigenvalue weighted by molar-refractivity contribution is 0.539. The fourth-order valence-electron chi connectivity index (χ4n) is 2.94. The normalized spacial score (nSPS) is 12.7. The van der Waals surface area contributed by atoms with E-state index in [-0.39, 0.29) is 4.90 Å². The van der Waals surface area contributed by atoms with E-state index in [0.717, 1.165) is 11.3 Å². The molecule has 0 aliphatic heterocycles. The maximum atomic E-state index is 13.0. The second kappa shape index (κ2) is 7.94. The average molecular weight is 409 g/mol. The molecule has 0 radical (unpaired) electrons. The minimum absolute atomic E-state index is 0.124. The van der Waals surface area contributed by atoms with Gasteiger partial charge in [0.15, 0.2) is 0 Å². The summed E-state index contributed by atoms with van der Waals surface area (Å²) in [6, 6.07) is 15.7. The van der Waals surface area contributed by atoms with Gasteiger partial charge >= 0.3 is 0 Å². The predicted octanol–water partition coefficient (Wildman–Crippen LogP) is 2.48. The van der Waals surface area contributed by atoms with Crippen molar-refractivity contribution in [1.29, 1.82) is 0 Å². The van der Waals surface area contributed by atoms with Gasteiger partial charge in [-0.3, -0.25) is 0 Å². The van der Waals surface area contributed by atoms with Crippen LogP contribution in [-0.4, -0.2) is 38.6 Å². The largest absolute Gasteiger partial charge is 0.341 e. The van der Waals surface area contributed by atoms with E-state index in [0.29, 0.717) is 17.9 Å². The molecule has 2 aromatic carbocycles. The highest BCUT2D eigenvalue weighted by molar-refractivity contribution is 7.89. The molecule has 0 fully saturated rings. The van der Waals surface area contributed by atoms with Crippen molar-refractivity contribution in [2.24, 2.45) is 0 Å². The van der Waals surface area contributed by atoms with Crippen LogP contribution in [0.15, 0.2) is 72.0 Å². The molecule has 29 heavy (non-hydrogen) atoms. The van der Waals surface area contributed by atoms with Crippen molar-refractivity contribution in [2.45, 2.75) is 24.3 Å². The zero-order valence-corrected chi connectivity index (χ0v) is 16.4. The number of sulfonamides is 1. The van der Waals surface area contributed by atoms with Crippen LogP contribution in [-0.2, 0) is 10.0 Å². The van der Waals surface area contributed by atoms with Crippen LogP contribution >= 0.6 is 0 Å². The Balaban J connectivity index is 1.58. The minimum Gasteiger partial charge on any atom is -0.341 e. The number of aromatic nitrogens is 6. The summed E-state index contributed by atoms with van der Waals surface area (Å²) in [5, 5.41) is 10.9. The maximum Gasteiger partial charge on any atom is 0.241 e. The fourth-order valence-corrected chi connectivity index (χ4v) is 4.26. The highest BCUT2D eigenvalue weighted by atomic mass is 32.2. The molecule has 148 valence electrons. The van der Waals surface area contributed by atoms with Crippen LogP contribution < -0.4 is 4.72 Å². The first kappa shape index (κ1) is 19.0. The Hall–Kier alpha value is -3.37. The van der Waals surface area contributed by atoms with Gasteiger partial charge in [-0.25, -0.2) is 22.8 Å². The first-order valence-electron chi connectivity index (χ1n) is 9.03. The molecule has 2 heterocycles. The molecular formula is C19H19N7O2S. The van der Waals surface area contributed by atoms with Crippen LogP contribution in [0.1, 0.15) is 25.2 Å². The number of aromatic amines is 1. The number of nitrogens with one attached hydrogen (secondary N) is 2. The van der Waals surface area contributed by atoms with Gasteiger partial charge in [0.1, 0.15) is 12.2 Å². The second-order valence-corrected chi connectivity index (χ2v) is 8.10. The smallest absolute Gasteiger partial charge is 0.241 e. The molecule has 0 spiro atoms. The van der Waals surface area contributed by atoms with Gasteiger partial charge < -0.3 is 4.98 Å². The van der Waals surface area contributed by atoms with E-state index in [1.807, 2.05) is 37.3 Å². The number of H-pyrrole nitrogens is 1. The SMILES string of the molecule is CCC(NS(=O)(=O)c1cccc(-n2cnnn2)c1)c1ncc(-c2ccccc2)[nH]1. The molecule has 2 N–H and O–H groups in total. The first-order valence-corrected chi connectivity index (χ1v) is 10.5. The summed E-state index contributed by atoms with van der Waals surface area (Å²) >= 11 is 0. The molecule has 10 heteroatoms. The summed E-state index contributed by atoms with van der Waals surface area (Å²) in [4.78, 5) is 7.73. The van der Waals surface area contributed by atoms with Gasteiger partial charge in [0.05, 0.1) is 28.5 Å². The molecule has 1 unspecified atom stereocenters. The highest BCUT2D eigenvalue weighted by Gasteiger charge is 2.23. The monoisotopic (exact) mass is 409 g/mol. The summed E-state index contributed by atoms with van der Waals surface area (Å²) in [5.74, 6) is 0.562. The van der Waals surface area contributed by atoms with Crippen molar-refractivity contribution in [3.05, 3.63) is 72.9 Å². The quantitative estimate of drug-likeness (QED) is 0.484. The minimum atomic E-state index is -3.78. The Morgan fingerprint density at radius 3 is 2.69 bits per heavy atom. The molecule has 0 saturated heterocycles. The Bertz CT molecular complexity index is 1190. The van der Waals surface area contributed by atoms with Crippen LogP contribution in [0.25, 0.3) is 16.9 Å². The van der Waals surface area contributed by atoms with Crippen molar-refractivity contribution < 1.29 is 8.42 Å². The molecule has 1 atom stereocenters. The van der Waals surface area contributed by atoms with Crippen LogP contribution in [0.2, 0.25) is 0 Å². The third-order valence-electron chi connectivity index (χ3n) is 4.46. The third-order valence-corrected chi connectivity index (χ3v) is 5.93. The standard InChI is InChI=1S/C19H19N7O2S/c1-2-17(19-20-12-18(22-19)14-7-4-3-5-8-14)23-29(27,28)16-10-6-9-15(11-16)26-13-21-24-25-26/h3-13,17,23H,2H2,1H3,(H,20,22). The topological polar surface area (TPSA) is 118 Å². The van der Waals surface area contributed by atoms with E-state index in [9.17, 15) is 8.42 Å². The summed E-state index contributed by atoms with van der Waals surface area (Å²) in [7, 11) is -3.78. The molecule has 2 aromatic heterocycles.